The number of hydrogen-bond acceptors (Lipinski definition) is 4. The van der Waals surface area contributed by atoms with Crippen LogP contribution in [0.2, 0.25) is 0 Å². The summed E-state index contributed by atoms with van der Waals surface area (Å²) in [5, 5.41) is 12.6. The molecular weight excluding hydrogens is 375 g/mol. The Labute approximate surface area is 183 Å². The van der Waals surface area contributed by atoms with Crippen molar-refractivity contribution in [2.75, 3.05) is 0 Å². The molecule has 0 saturated carbocycles. The summed E-state index contributed by atoms with van der Waals surface area (Å²) in [4.78, 5) is -0.316. The van der Waals surface area contributed by atoms with E-state index < -0.39 is 10.1 Å². The number of aryl methyl sites for hydroxylation is 1. The molecule has 0 spiro atoms. The molecule has 7 heteroatoms. The fourth-order valence-corrected chi connectivity index (χ4v) is 3.30. The molecule has 0 amide bonds. The zero-order chi connectivity index (χ0) is 19.0. The third kappa shape index (κ3) is 7.84. The van der Waals surface area contributed by atoms with E-state index in [0.29, 0.717) is 17.7 Å². The van der Waals surface area contributed by atoms with Gasteiger partial charge < -0.3 is 9.84 Å². The van der Waals surface area contributed by atoms with Gasteiger partial charge in [0.15, 0.2) is 0 Å². The topological polar surface area (TPSA) is 86.7 Å². The van der Waals surface area contributed by atoms with Crippen LogP contribution < -0.4 is 39.4 Å². The summed E-state index contributed by atoms with van der Waals surface area (Å²) in [5.41, 5.74) is 0.349. The standard InChI is InChI=1S/C20H26O5S.Na/c1-2-3-4-5-6-8-11-16-14-18(26(22,23)24)15-19(20(16)21)25-17-12-9-7-10-13-17;/h7,9-10,12-15,21H,2-6,8,11H2,1H3,(H,22,23,24);/q;+1/p-1. The first-order valence-corrected chi connectivity index (χ1v) is 10.4. The van der Waals surface area contributed by atoms with Crippen molar-refractivity contribution < 1.29 is 52.4 Å². The van der Waals surface area contributed by atoms with E-state index in [-0.39, 0.29) is 46.0 Å². The van der Waals surface area contributed by atoms with Crippen LogP contribution in [0.5, 0.6) is 17.2 Å². The summed E-state index contributed by atoms with van der Waals surface area (Å²) >= 11 is 0. The van der Waals surface area contributed by atoms with Crippen LogP contribution in [-0.4, -0.2) is 13.0 Å². The quantitative estimate of drug-likeness (QED) is 0.373. The molecule has 2 rings (SSSR count). The number of ether oxygens (including phenoxy) is 1. The Kier molecular flexibility index (Phi) is 10.4. The minimum Gasteiger partial charge on any atom is -0.870 e. The van der Waals surface area contributed by atoms with Gasteiger partial charge in [-0.05, 0) is 31.0 Å². The molecule has 1 N–H and O–H groups in total. The molecule has 0 aliphatic heterocycles. The molecule has 2 aromatic rings. The minimum atomic E-state index is -4.42. The van der Waals surface area contributed by atoms with Crippen LogP contribution in [0.15, 0.2) is 47.4 Å². The van der Waals surface area contributed by atoms with Crippen molar-refractivity contribution in [3.05, 3.63) is 48.0 Å². The summed E-state index contributed by atoms with van der Waals surface area (Å²) in [6.07, 6.45) is 6.84. The molecular formula is C20H25NaO5S. The molecule has 0 aliphatic carbocycles. The van der Waals surface area contributed by atoms with Gasteiger partial charge in [0.1, 0.15) is 11.5 Å². The average molecular weight is 400 g/mol. The first-order valence-electron chi connectivity index (χ1n) is 8.96. The van der Waals surface area contributed by atoms with Gasteiger partial charge in [-0.15, -0.1) is 0 Å². The molecule has 27 heavy (non-hydrogen) atoms. The largest absolute Gasteiger partial charge is 1.00 e. The van der Waals surface area contributed by atoms with Crippen molar-refractivity contribution in [1.29, 1.82) is 0 Å². The fourth-order valence-electron chi connectivity index (χ4n) is 2.75. The van der Waals surface area contributed by atoms with E-state index in [1.807, 2.05) is 6.07 Å². The number of rotatable bonds is 10. The Morgan fingerprint density at radius 3 is 2.26 bits per heavy atom. The van der Waals surface area contributed by atoms with E-state index in [1.165, 1.54) is 18.9 Å². The maximum atomic E-state index is 12.6. The van der Waals surface area contributed by atoms with Crippen molar-refractivity contribution in [2.45, 2.75) is 56.8 Å². The second-order valence-corrected chi connectivity index (χ2v) is 7.74. The molecule has 0 unspecified atom stereocenters. The summed E-state index contributed by atoms with van der Waals surface area (Å²) in [6, 6.07) is 11.0. The maximum absolute atomic E-state index is 12.6. The molecule has 0 bridgehead atoms. The second kappa shape index (κ2) is 11.7. The first kappa shape index (κ1) is 24.0. The monoisotopic (exact) mass is 400 g/mol. The third-order valence-electron chi connectivity index (χ3n) is 4.17. The van der Waals surface area contributed by atoms with E-state index in [4.69, 9.17) is 4.74 Å². The van der Waals surface area contributed by atoms with Crippen LogP contribution in [0, 0.1) is 0 Å². The van der Waals surface area contributed by atoms with Gasteiger partial charge in [0.25, 0.3) is 10.1 Å². The SMILES string of the molecule is CCCCCCCCc1cc(S(=O)(=O)O)cc(Oc2ccccc2)c1[O-].[Na+]. The Balaban J connectivity index is 0.00000364. The molecule has 0 aromatic heterocycles. The predicted molar refractivity (Wildman–Crippen MR) is 99.3 cm³/mol. The van der Waals surface area contributed by atoms with Gasteiger partial charge in [0.05, 0.1) is 4.90 Å². The zero-order valence-electron chi connectivity index (χ0n) is 16.0. The molecule has 5 nitrogen and oxygen atoms in total. The Morgan fingerprint density at radius 2 is 1.63 bits per heavy atom. The van der Waals surface area contributed by atoms with Crippen molar-refractivity contribution in [2.24, 2.45) is 0 Å². The van der Waals surface area contributed by atoms with Gasteiger partial charge in [-0.3, -0.25) is 4.55 Å². The van der Waals surface area contributed by atoms with E-state index >= 15 is 0 Å². The summed E-state index contributed by atoms with van der Waals surface area (Å²) < 4.78 is 38.0. The molecule has 0 atom stereocenters. The number of para-hydroxylation sites is 1. The van der Waals surface area contributed by atoms with Crippen LogP contribution in [0.25, 0.3) is 0 Å². The van der Waals surface area contributed by atoms with Crippen LogP contribution in [0.4, 0.5) is 0 Å². The number of benzene rings is 2. The second-order valence-electron chi connectivity index (χ2n) is 6.32. The van der Waals surface area contributed by atoms with E-state index in [0.717, 1.165) is 31.7 Å². The first-order chi connectivity index (χ1) is 12.4. The molecule has 0 radical (unpaired) electrons. The van der Waals surface area contributed by atoms with Crippen molar-refractivity contribution in [3.63, 3.8) is 0 Å². The summed E-state index contributed by atoms with van der Waals surface area (Å²) in [7, 11) is -4.42. The molecule has 142 valence electrons. The maximum Gasteiger partial charge on any atom is 1.00 e. The molecule has 2 aromatic carbocycles. The summed E-state index contributed by atoms with van der Waals surface area (Å²) in [5.74, 6) is 0.00437. The van der Waals surface area contributed by atoms with Gasteiger partial charge >= 0.3 is 29.6 Å². The molecule has 0 heterocycles. The normalized spacial score (nSPS) is 11.0. The van der Waals surface area contributed by atoms with Gasteiger partial charge in [-0.1, -0.05) is 68.5 Å². The van der Waals surface area contributed by atoms with Gasteiger partial charge in [-0.2, -0.15) is 8.42 Å². The minimum absolute atomic E-state index is 0. The van der Waals surface area contributed by atoms with Gasteiger partial charge in [-0.25, -0.2) is 0 Å². The Morgan fingerprint density at radius 1 is 1.00 bits per heavy atom. The smallest absolute Gasteiger partial charge is 0.870 e. The van der Waals surface area contributed by atoms with Gasteiger partial charge in [0, 0.05) is 6.07 Å². The van der Waals surface area contributed by atoms with E-state index in [2.05, 4.69) is 6.92 Å². The molecule has 0 aliphatic rings. The van der Waals surface area contributed by atoms with Crippen LogP contribution >= 0.6 is 0 Å². The number of hydrogen-bond donors (Lipinski definition) is 1. The van der Waals surface area contributed by atoms with E-state index in [9.17, 15) is 18.1 Å². The van der Waals surface area contributed by atoms with Gasteiger partial charge in [0.2, 0.25) is 0 Å². The van der Waals surface area contributed by atoms with Crippen LogP contribution in [0.3, 0.4) is 0 Å². The fraction of sp³-hybridized carbons (Fsp3) is 0.400. The zero-order valence-corrected chi connectivity index (χ0v) is 18.8. The molecule has 0 saturated heterocycles. The van der Waals surface area contributed by atoms with Crippen molar-refractivity contribution >= 4 is 10.1 Å². The Hall–Kier alpha value is -1.05. The Bertz CT molecular complexity index is 807. The van der Waals surface area contributed by atoms with Crippen molar-refractivity contribution in [3.8, 4) is 17.2 Å². The van der Waals surface area contributed by atoms with Crippen LogP contribution in [0.1, 0.15) is 51.0 Å². The third-order valence-corrected chi connectivity index (χ3v) is 5.01. The molecule has 0 fully saturated rings. The average Bonchev–Trinajstić information content (AvgIpc) is 2.60. The van der Waals surface area contributed by atoms with Crippen LogP contribution in [-0.2, 0) is 16.5 Å². The summed E-state index contributed by atoms with van der Waals surface area (Å²) in [6.45, 7) is 2.15. The van der Waals surface area contributed by atoms with Crippen molar-refractivity contribution in [1.82, 2.24) is 0 Å². The predicted octanol–water partition coefficient (Wildman–Crippen LogP) is 1.71. The van der Waals surface area contributed by atoms with E-state index in [1.54, 1.807) is 24.3 Å². The number of unbranched alkanes of at least 4 members (excludes halogenated alkanes) is 5.